The van der Waals surface area contributed by atoms with Crippen LogP contribution >= 0.6 is 11.6 Å². The molecule has 29 heavy (non-hydrogen) atoms. The standard InChI is InChI=1S/C21H22ClN3O4/c1-24(13-19(26)23-15-6-8-16(29-2)9-7-15)21(28)14-5-10-17(22)18(12-14)25-11-3-4-20(25)27/h5-10,12H,3-4,11,13H2,1-2H3,(H,23,26). The summed E-state index contributed by atoms with van der Waals surface area (Å²) in [7, 11) is 3.11. The maximum atomic E-state index is 12.8. The Bertz CT molecular complexity index is 930. The minimum absolute atomic E-state index is 0.0104. The molecule has 152 valence electrons. The second-order valence-electron chi connectivity index (χ2n) is 6.75. The molecule has 7 nitrogen and oxygen atoms in total. The zero-order valence-electron chi connectivity index (χ0n) is 16.3. The van der Waals surface area contributed by atoms with E-state index in [1.807, 2.05) is 0 Å². The minimum atomic E-state index is -0.334. The Labute approximate surface area is 174 Å². The van der Waals surface area contributed by atoms with Crippen molar-refractivity contribution in [2.45, 2.75) is 12.8 Å². The Kier molecular flexibility index (Phi) is 6.39. The number of carbonyl (C=O) groups is 3. The highest BCUT2D eigenvalue weighted by Crippen LogP contribution is 2.30. The van der Waals surface area contributed by atoms with Crippen molar-refractivity contribution in [1.82, 2.24) is 4.90 Å². The topological polar surface area (TPSA) is 79.0 Å². The first-order chi connectivity index (χ1) is 13.9. The van der Waals surface area contributed by atoms with E-state index in [4.69, 9.17) is 16.3 Å². The van der Waals surface area contributed by atoms with E-state index in [2.05, 4.69) is 5.32 Å². The molecule has 1 fully saturated rings. The van der Waals surface area contributed by atoms with Crippen LogP contribution in [0.5, 0.6) is 5.75 Å². The zero-order chi connectivity index (χ0) is 21.0. The molecule has 1 heterocycles. The van der Waals surface area contributed by atoms with Gasteiger partial charge in [-0.05, 0) is 48.9 Å². The lowest BCUT2D eigenvalue weighted by Crippen LogP contribution is -2.35. The first kappa shape index (κ1) is 20.7. The largest absolute Gasteiger partial charge is 0.497 e. The summed E-state index contributed by atoms with van der Waals surface area (Å²) in [6, 6.07) is 11.7. The summed E-state index contributed by atoms with van der Waals surface area (Å²) >= 11 is 6.23. The maximum Gasteiger partial charge on any atom is 0.254 e. The number of carbonyl (C=O) groups excluding carboxylic acids is 3. The Balaban J connectivity index is 1.66. The van der Waals surface area contributed by atoms with E-state index in [0.29, 0.717) is 40.7 Å². The average molecular weight is 416 g/mol. The monoisotopic (exact) mass is 415 g/mol. The summed E-state index contributed by atoms with van der Waals surface area (Å²) < 4.78 is 5.08. The number of ether oxygens (including phenoxy) is 1. The van der Waals surface area contributed by atoms with Gasteiger partial charge in [0.15, 0.2) is 0 Å². The number of nitrogens with zero attached hydrogens (tertiary/aromatic N) is 2. The molecule has 0 bridgehead atoms. The lowest BCUT2D eigenvalue weighted by Gasteiger charge is -2.20. The van der Waals surface area contributed by atoms with Gasteiger partial charge < -0.3 is 19.9 Å². The fourth-order valence-electron chi connectivity index (χ4n) is 3.14. The molecule has 0 radical (unpaired) electrons. The molecular weight excluding hydrogens is 394 g/mol. The van der Waals surface area contributed by atoms with Crippen LogP contribution in [0, 0.1) is 0 Å². The van der Waals surface area contributed by atoms with Crippen molar-refractivity contribution in [2.75, 3.05) is 37.5 Å². The number of amides is 3. The van der Waals surface area contributed by atoms with Gasteiger partial charge in [-0.1, -0.05) is 11.6 Å². The number of benzene rings is 2. The lowest BCUT2D eigenvalue weighted by atomic mass is 10.1. The quantitative estimate of drug-likeness (QED) is 0.785. The number of hydrogen-bond donors (Lipinski definition) is 1. The molecule has 1 N–H and O–H groups in total. The van der Waals surface area contributed by atoms with Crippen LogP contribution in [-0.2, 0) is 9.59 Å². The van der Waals surface area contributed by atoms with Crippen LogP contribution in [0.15, 0.2) is 42.5 Å². The van der Waals surface area contributed by atoms with Gasteiger partial charge in [0.1, 0.15) is 5.75 Å². The predicted molar refractivity (Wildman–Crippen MR) is 112 cm³/mol. The summed E-state index contributed by atoms with van der Waals surface area (Å²) in [4.78, 5) is 40.0. The number of rotatable bonds is 6. The van der Waals surface area contributed by atoms with Crippen molar-refractivity contribution in [2.24, 2.45) is 0 Å². The molecule has 1 aliphatic heterocycles. The van der Waals surface area contributed by atoms with E-state index < -0.39 is 0 Å². The third-order valence-corrected chi connectivity index (χ3v) is 4.98. The van der Waals surface area contributed by atoms with Gasteiger partial charge in [-0.2, -0.15) is 0 Å². The Hall–Kier alpha value is -3.06. The van der Waals surface area contributed by atoms with Crippen LogP contribution in [0.3, 0.4) is 0 Å². The summed E-state index contributed by atoms with van der Waals surface area (Å²) in [5, 5.41) is 3.15. The van der Waals surface area contributed by atoms with E-state index in [1.165, 1.54) is 4.90 Å². The number of halogens is 1. The summed E-state index contributed by atoms with van der Waals surface area (Å²) in [5.74, 6) is 0.0170. The van der Waals surface area contributed by atoms with Gasteiger partial charge in [-0.15, -0.1) is 0 Å². The van der Waals surface area contributed by atoms with Gasteiger partial charge in [-0.25, -0.2) is 0 Å². The first-order valence-corrected chi connectivity index (χ1v) is 9.56. The van der Waals surface area contributed by atoms with Crippen molar-refractivity contribution >= 4 is 40.7 Å². The van der Waals surface area contributed by atoms with E-state index in [1.54, 1.807) is 61.5 Å². The maximum absolute atomic E-state index is 12.8. The van der Waals surface area contributed by atoms with Crippen LogP contribution in [0.2, 0.25) is 5.02 Å². The number of methoxy groups -OCH3 is 1. The molecular formula is C21H22ClN3O4. The molecule has 3 rings (SSSR count). The minimum Gasteiger partial charge on any atom is -0.497 e. The molecule has 1 saturated heterocycles. The molecule has 1 aliphatic rings. The highest BCUT2D eigenvalue weighted by atomic mass is 35.5. The third-order valence-electron chi connectivity index (χ3n) is 4.66. The predicted octanol–water partition coefficient (Wildman–Crippen LogP) is 3.19. The normalized spacial score (nSPS) is 13.3. The molecule has 2 aromatic rings. The highest BCUT2D eigenvalue weighted by Gasteiger charge is 2.25. The van der Waals surface area contributed by atoms with Gasteiger partial charge in [0.05, 0.1) is 24.4 Å². The van der Waals surface area contributed by atoms with Crippen molar-refractivity contribution in [3.63, 3.8) is 0 Å². The molecule has 8 heteroatoms. The highest BCUT2D eigenvalue weighted by molar-refractivity contribution is 6.34. The number of nitrogens with one attached hydrogen (secondary N) is 1. The second-order valence-corrected chi connectivity index (χ2v) is 7.16. The van der Waals surface area contributed by atoms with Gasteiger partial charge >= 0.3 is 0 Å². The van der Waals surface area contributed by atoms with Crippen LogP contribution < -0.4 is 15.0 Å². The third kappa shape index (κ3) is 4.86. The molecule has 0 unspecified atom stereocenters. The van der Waals surface area contributed by atoms with Crippen LogP contribution in [0.1, 0.15) is 23.2 Å². The summed E-state index contributed by atoms with van der Waals surface area (Å²) in [6.45, 7) is 0.460. The van der Waals surface area contributed by atoms with Gasteiger partial charge in [0.25, 0.3) is 5.91 Å². The smallest absolute Gasteiger partial charge is 0.254 e. The van der Waals surface area contributed by atoms with E-state index >= 15 is 0 Å². The number of hydrogen-bond acceptors (Lipinski definition) is 4. The molecule has 0 spiro atoms. The molecule has 3 amide bonds. The van der Waals surface area contributed by atoms with Gasteiger partial charge in [0, 0.05) is 31.3 Å². The molecule has 2 aromatic carbocycles. The zero-order valence-corrected chi connectivity index (χ0v) is 17.0. The number of likely N-dealkylation sites (N-methyl/N-ethyl adjacent to an activating group) is 1. The SMILES string of the molecule is COc1ccc(NC(=O)CN(C)C(=O)c2ccc(Cl)c(N3CCCC3=O)c2)cc1. The molecule has 0 aliphatic carbocycles. The van der Waals surface area contributed by atoms with Crippen LogP contribution in [-0.4, -0.2) is 49.9 Å². The number of anilines is 2. The second kappa shape index (κ2) is 8.96. The Morgan fingerprint density at radius 1 is 1.21 bits per heavy atom. The summed E-state index contributed by atoms with van der Waals surface area (Å²) in [5.41, 5.74) is 1.50. The fourth-order valence-corrected chi connectivity index (χ4v) is 3.36. The van der Waals surface area contributed by atoms with Crippen molar-refractivity contribution in [3.8, 4) is 5.75 Å². The van der Waals surface area contributed by atoms with Gasteiger partial charge in [0.2, 0.25) is 11.8 Å². The van der Waals surface area contributed by atoms with E-state index in [9.17, 15) is 14.4 Å². The Morgan fingerprint density at radius 2 is 1.93 bits per heavy atom. The molecule has 0 aromatic heterocycles. The summed E-state index contributed by atoms with van der Waals surface area (Å²) in [6.07, 6.45) is 1.23. The lowest BCUT2D eigenvalue weighted by molar-refractivity contribution is -0.117. The Morgan fingerprint density at radius 3 is 2.55 bits per heavy atom. The van der Waals surface area contributed by atoms with Crippen molar-refractivity contribution in [3.05, 3.63) is 53.1 Å². The van der Waals surface area contributed by atoms with Crippen LogP contribution in [0.4, 0.5) is 11.4 Å². The first-order valence-electron chi connectivity index (χ1n) is 9.18. The van der Waals surface area contributed by atoms with Gasteiger partial charge in [-0.3, -0.25) is 14.4 Å². The van der Waals surface area contributed by atoms with Crippen LogP contribution in [0.25, 0.3) is 0 Å². The van der Waals surface area contributed by atoms with E-state index in [0.717, 1.165) is 6.42 Å². The molecule has 0 saturated carbocycles. The fraction of sp³-hybridized carbons (Fsp3) is 0.286. The van der Waals surface area contributed by atoms with Crippen molar-refractivity contribution in [1.29, 1.82) is 0 Å². The average Bonchev–Trinajstić information content (AvgIpc) is 3.14. The van der Waals surface area contributed by atoms with Crippen molar-refractivity contribution < 1.29 is 19.1 Å². The molecule has 0 atom stereocenters. The van der Waals surface area contributed by atoms with E-state index in [-0.39, 0.29) is 24.3 Å².